The summed E-state index contributed by atoms with van der Waals surface area (Å²) >= 11 is 0. The summed E-state index contributed by atoms with van der Waals surface area (Å²) in [6, 6.07) is 6.82. The van der Waals surface area contributed by atoms with E-state index in [1.54, 1.807) is 24.3 Å². The lowest BCUT2D eigenvalue weighted by Crippen LogP contribution is -2.34. The van der Waals surface area contributed by atoms with Gasteiger partial charge in [0.2, 0.25) is 0 Å². The van der Waals surface area contributed by atoms with Crippen molar-refractivity contribution in [1.29, 1.82) is 0 Å². The summed E-state index contributed by atoms with van der Waals surface area (Å²) < 4.78 is 5.17. The van der Waals surface area contributed by atoms with Crippen LogP contribution in [-0.4, -0.2) is 49.7 Å². The Hall–Kier alpha value is -1.79. The molecule has 1 rings (SSSR count). The maximum absolute atomic E-state index is 12.1. The van der Waals surface area contributed by atoms with Gasteiger partial charge >= 0.3 is 6.09 Å². The molecule has 1 aromatic rings. The summed E-state index contributed by atoms with van der Waals surface area (Å²) in [5, 5.41) is 5.60. The van der Waals surface area contributed by atoms with Crippen LogP contribution in [0.1, 0.15) is 63.2 Å². The SMILES string of the molecule is CCCCCCCOC(=O)Nc1ccc(C(=O)NCCN(CC)CC)cc1.Cl. The molecule has 2 N–H and O–H groups in total. The standard InChI is InChI=1S/C21H35N3O3.ClH/c1-4-7-8-9-10-17-27-21(26)23-19-13-11-18(12-14-19)20(25)22-15-16-24(5-2)6-3;/h11-14H,4-10,15-17H2,1-3H3,(H,22,25)(H,23,26);1H. The van der Waals surface area contributed by atoms with Crippen LogP contribution in [-0.2, 0) is 4.74 Å². The molecule has 0 unspecified atom stereocenters. The molecule has 28 heavy (non-hydrogen) atoms. The number of benzene rings is 1. The highest BCUT2D eigenvalue weighted by Gasteiger charge is 2.07. The molecule has 0 atom stereocenters. The summed E-state index contributed by atoms with van der Waals surface area (Å²) in [5.41, 5.74) is 1.19. The van der Waals surface area contributed by atoms with Crippen LogP contribution >= 0.6 is 12.4 Å². The van der Waals surface area contributed by atoms with E-state index >= 15 is 0 Å². The Morgan fingerprint density at radius 3 is 2.21 bits per heavy atom. The molecule has 160 valence electrons. The number of ether oxygens (including phenoxy) is 1. The van der Waals surface area contributed by atoms with E-state index in [1.807, 2.05) is 0 Å². The van der Waals surface area contributed by atoms with Gasteiger partial charge in [0.1, 0.15) is 0 Å². The van der Waals surface area contributed by atoms with Crippen LogP contribution in [0.25, 0.3) is 0 Å². The van der Waals surface area contributed by atoms with Crippen molar-refractivity contribution in [2.24, 2.45) is 0 Å². The van der Waals surface area contributed by atoms with Crippen molar-refractivity contribution in [3.05, 3.63) is 29.8 Å². The van der Waals surface area contributed by atoms with Crippen LogP contribution < -0.4 is 10.6 Å². The van der Waals surface area contributed by atoms with E-state index in [-0.39, 0.29) is 18.3 Å². The van der Waals surface area contributed by atoms with Gasteiger partial charge in [0, 0.05) is 24.3 Å². The quantitative estimate of drug-likeness (QED) is 0.460. The molecule has 6 nitrogen and oxygen atoms in total. The minimum absolute atomic E-state index is 0. The van der Waals surface area contributed by atoms with Gasteiger partial charge in [-0.15, -0.1) is 12.4 Å². The van der Waals surface area contributed by atoms with Crippen LogP contribution in [0.3, 0.4) is 0 Å². The van der Waals surface area contributed by atoms with Crippen molar-refractivity contribution in [2.45, 2.75) is 52.9 Å². The number of carbonyl (C=O) groups is 2. The molecule has 0 heterocycles. The molecular formula is C21H36ClN3O3. The molecule has 0 aromatic heterocycles. The summed E-state index contributed by atoms with van der Waals surface area (Å²) in [7, 11) is 0. The molecule has 0 fully saturated rings. The molecule has 0 aliphatic heterocycles. The second-order valence-electron chi connectivity index (χ2n) is 6.54. The van der Waals surface area contributed by atoms with Gasteiger partial charge in [0.15, 0.2) is 0 Å². The van der Waals surface area contributed by atoms with Gasteiger partial charge in [-0.25, -0.2) is 4.79 Å². The van der Waals surface area contributed by atoms with Gasteiger partial charge in [0.25, 0.3) is 5.91 Å². The van der Waals surface area contributed by atoms with Crippen molar-refractivity contribution < 1.29 is 14.3 Å². The highest BCUT2D eigenvalue weighted by atomic mass is 35.5. The van der Waals surface area contributed by atoms with E-state index in [9.17, 15) is 9.59 Å². The number of rotatable bonds is 13. The maximum atomic E-state index is 12.1. The third kappa shape index (κ3) is 11.1. The van der Waals surface area contributed by atoms with Crippen molar-refractivity contribution in [1.82, 2.24) is 10.2 Å². The van der Waals surface area contributed by atoms with Gasteiger partial charge in [-0.1, -0.05) is 46.5 Å². The van der Waals surface area contributed by atoms with Crippen molar-refractivity contribution >= 4 is 30.1 Å². The average molecular weight is 414 g/mol. The molecule has 0 saturated carbocycles. The Labute approximate surface area is 175 Å². The fourth-order valence-electron chi connectivity index (χ4n) is 2.70. The first-order chi connectivity index (χ1) is 13.1. The van der Waals surface area contributed by atoms with Crippen molar-refractivity contribution in [3.8, 4) is 0 Å². The number of hydrogen-bond donors (Lipinski definition) is 2. The zero-order valence-electron chi connectivity index (χ0n) is 17.5. The predicted octanol–water partition coefficient (Wildman–Crippen LogP) is 4.70. The fourth-order valence-corrected chi connectivity index (χ4v) is 2.70. The van der Waals surface area contributed by atoms with Crippen LogP contribution in [0.15, 0.2) is 24.3 Å². The molecule has 1 aromatic carbocycles. The van der Waals surface area contributed by atoms with E-state index in [4.69, 9.17) is 4.74 Å². The second kappa shape index (κ2) is 16.2. The summed E-state index contributed by atoms with van der Waals surface area (Å²) in [5.74, 6) is -0.108. The Kier molecular flexibility index (Phi) is 15.2. The Morgan fingerprint density at radius 2 is 1.61 bits per heavy atom. The van der Waals surface area contributed by atoms with Crippen molar-refractivity contribution in [3.63, 3.8) is 0 Å². The van der Waals surface area contributed by atoms with E-state index in [0.717, 1.165) is 32.5 Å². The molecule has 7 heteroatoms. The smallest absolute Gasteiger partial charge is 0.411 e. The number of likely N-dealkylation sites (N-methyl/N-ethyl adjacent to an activating group) is 1. The van der Waals surface area contributed by atoms with Crippen molar-refractivity contribution in [2.75, 3.05) is 38.1 Å². The average Bonchev–Trinajstić information content (AvgIpc) is 2.68. The van der Waals surface area contributed by atoms with E-state index in [2.05, 4.69) is 36.3 Å². The lowest BCUT2D eigenvalue weighted by Gasteiger charge is -2.17. The lowest BCUT2D eigenvalue weighted by atomic mass is 10.2. The fraction of sp³-hybridized carbons (Fsp3) is 0.619. The van der Waals surface area contributed by atoms with Gasteiger partial charge in [0.05, 0.1) is 6.61 Å². The molecule has 0 bridgehead atoms. The van der Waals surface area contributed by atoms with Crippen LogP contribution in [0.4, 0.5) is 10.5 Å². The number of carbonyl (C=O) groups excluding carboxylic acids is 2. The zero-order valence-corrected chi connectivity index (χ0v) is 18.3. The maximum Gasteiger partial charge on any atom is 0.411 e. The van der Waals surface area contributed by atoms with E-state index < -0.39 is 6.09 Å². The van der Waals surface area contributed by atoms with Gasteiger partial charge in [-0.3, -0.25) is 10.1 Å². The first-order valence-corrected chi connectivity index (χ1v) is 10.1. The first kappa shape index (κ1) is 26.2. The van der Waals surface area contributed by atoms with Gasteiger partial charge < -0.3 is 15.0 Å². The Bertz CT molecular complexity index is 548. The normalized spacial score (nSPS) is 10.3. The molecule has 0 radical (unpaired) electrons. The number of hydrogen-bond acceptors (Lipinski definition) is 4. The summed E-state index contributed by atoms with van der Waals surface area (Å²) in [6.07, 6.45) is 5.12. The number of nitrogens with zero attached hydrogens (tertiary/aromatic N) is 1. The number of unbranched alkanes of at least 4 members (excludes halogenated alkanes) is 4. The largest absolute Gasteiger partial charge is 0.449 e. The van der Waals surface area contributed by atoms with Crippen LogP contribution in [0.5, 0.6) is 0 Å². The lowest BCUT2D eigenvalue weighted by molar-refractivity contribution is 0.0949. The van der Waals surface area contributed by atoms with Crippen LogP contribution in [0.2, 0.25) is 0 Å². The minimum Gasteiger partial charge on any atom is -0.449 e. The predicted molar refractivity (Wildman–Crippen MR) is 118 cm³/mol. The van der Waals surface area contributed by atoms with Crippen LogP contribution in [0, 0.1) is 0 Å². The molecular weight excluding hydrogens is 378 g/mol. The van der Waals surface area contributed by atoms with Gasteiger partial charge in [-0.2, -0.15) is 0 Å². The minimum atomic E-state index is -0.457. The topological polar surface area (TPSA) is 70.7 Å². The monoisotopic (exact) mass is 413 g/mol. The second-order valence-corrected chi connectivity index (χ2v) is 6.54. The number of halogens is 1. The first-order valence-electron chi connectivity index (χ1n) is 10.1. The Balaban J connectivity index is 0.00000729. The highest BCUT2D eigenvalue weighted by Crippen LogP contribution is 2.10. The summed E-state index contributed by atoms with van der Waals surface area (Å²) in [6.45, 7) is 10.2. The number of nitrogens with one attached hydrogen (secondary N) is 2. The molecule has 0 saturated heterocycles. The molecule has 0 spiro atoms. The number of anilines is 1. The summed E-state index contributed by atoms with van der Waals surface area (Å²) in [4.78, 5) is 26.2. The van der Waals surface area contributed by atoms with Gasteiger partial charge in [-0.05, 0) is 43.8 Å². The molecule has 0 aliphatic rings. The number of amides is 2. The van der Waals surface area contributed by atoms with E-state index in [1.165, 1.54) is 19.3 Å². The Morgan fingerprint density at radius 1 is 0.964 bits per heavy atom. The molecule has 2 amide bonds. The third-order valence-electron chi connectivity index (χ3n) is 4.48. The molecule has 0 aliphatic carbocycles. The van der Waals surface area contributed by atoms with E-state index in [0.29, 0.717) is 24.4 Å². The third-order valence-corrected chi connectivity index (χ3v) is 4.48. The highest BCUT2D eigenvalue weighted by molar-refractivity contribution is 5.95. The zero-order chi connectivity index (χ0) is 19.9.